The Hall–Kier alpha value is -3.27. The molecule has 0 spiro atoms. The molecule has 0 bridgehead atoms. The third kappa shape index (κ3) is 6.63. The summed E-state index contributed by atoms with van der Waals surface area (Å²) in [6.07, 6.45) is 1.38. The molecule has 1 unspecified atom stereocenters. The minimum atomic E-state index is -3.87. The quantitative estimate of drug-likeness (QED) is 0.517. The fourth-order valence-electron chi connectivity index (χ4n) is 3.56. The van der Waals surface area contributed by atoms with Crippen LogP contribution in [0.2, 0.25) is 0 Å². The van der Waals surface area contributed by atoms with Crippen molar-refractivity contribution in [1.82, 2.24) is 10.2 Å². The fourth-order valence-corrected chi connectivity index (χ4v) is 4.42. The van der Waals surface area contributed by atoms with Crippen LogP contribution in [0, 0.1) is 6.92 Å². The Bertz CT molecular complexity index is 1100. The van der Waals surface area contributed by atoms with Gasteiger partial charge in [0, 0.05) is 19.7 Å². The van der Waals surface area contributed by atoms with Crippen LogP contribution in [-0.4, -0.2) is 65.2 Å². The molecule has 2 rings (SSSR count). The van der Waals surface area contributed by atoms with Gasteiger partial charge in [-0.3, -0.25) is 13.9 Å². The van der Waals surface area contributed by atoms with Gasteiger partial charge < -0.3 is 19.7 Å². The van der Waals surface area contributed by atoms with Gasteiger partial charge in [0.15, 0.2) is 0 Å². The third-order valence-electron chi connectivity index (χ3n) is 5.44. The molecule has 2 aromatic rings. The van der Waals surface area contributed by atoms with Gasteiger partial charge in [-0.1, -0.05) is 36.8 Å². The molecule has 1 atom stereocenters. The zero-order valence-corrected chi connectivity index (χ0v) is 21.3. The number of hydrogen-bond acceptors (Lipinski definition) is 6. The normalized spacial score (nSPS) is 11.9. The molecule has 1 N–H and O–H groups in total. The Labute approximate surface area is 201 Å². The second kappa shape index (κ2) is 11.7. The van der Waals surface area contributed by atoms with Crippen molar-refractivity contribution in [1.29, 1.82) is 0 Å². The molecule has 186 valence electrons. The molecule has 0 aliphatic carbocycles. The van der Waals surface area contributed by atoms with Crippen molar-refractivity contribution in [2.75, 3.05) is 38.4 Å². The van der Waals surface area contributed by atoms with E-state index in [9.17, 15) is 18.0 Å². The lowest BCUT2D eigenvalue weighted by Crippen LogP contribution is -2.51. The minimum absolute atomic E-state index is 0.155. The molecule has 2 aromatic carbocycles. The van der Waals surface area contributed by atoms with E-state index in [2.05, 4.69) is 5.32 Å². The molecule has 2 amide bonds. The molecule has 0 saturated carbocycles. The van der Waals surface area contributed by atoms with Crippen LogP contribution in [0.1, 0.15) is 24.5 Å². The zero-order valence-electron chi connectivity index (χ0n) is 20.5. The molecule has 0 radical (unpaired) electrons. The van der Waals surface area contributed by atoms with Crippen molar-refractivity contribution in [2.24, 2.45) is 0 Å². The SMILES string of the molecule is CCC(C(=O)NC)N(Cc1ccc(C)cc1)C(=O)CN(c1ccc(OC)cc1OC)S(C)(=O)=O. The summed E-state index contributed by atoms with van der Waals surface area (Å²) in [7, 11) is 0.524. The van der Waals surface area contributed by atoms with Crippen molar-refractivity contribution >= 4 is 27.5 Å². The molecule has 0 saturated heterocycles. The van der Waals surface area contributed by atoms with E-state index in [-0.39, 0.29) is 23.9 Å². The topological polar surface area (TPSA) is 105 Å². The second-order valence-electron chi connectivity index (χ2n) is 7.85. The molecule has 0 aromatic heterocycles. The number of sulfonamides is 1. The molecule has 0 aliphatic rings. The lowest BCUT2D eigenvalue weighted by atomic mass is 10.1. The summed E-state index contributed by atoms with van der Waals surface area (Å²) in [5, 5.41) is 2.59. The lowest BCUT2D eigenvalue weighted by molar-refractivity contribution is -0.140. The van der Waals surface area contributed by atoms with Crippen LogP contribution in [0.3, 0.4) is 0 Å². The Morgan fingerprint density at radius 3 is 2.21 bits per heavy atom. The summed E-state index contributed by atoms with van der Waals surface area (Å²) in [6, 6.07) is 11.5. The maximum atomic E-state index is 13.6. The summed E-state index contributed by atoms with van der Waals surface area (Å²) < 4.78 is 37.0. The minimum Gasteiger partial charge on any atom is -0.497 e. The molecule has 10 heteroatoms. The number of likely N-dealkylation sites (N-methyl/N-ethyl adjacent to an activating group) is 1. The van der Waals surface area contributed by atoms with Gasteiger partial charge in [0.05, 0.1) is 26.2 Å². The number of ether oxygens (including phenoxy) is 2. The summed E-state index contributed by atoms with van der Waals surface area (Å²) >= 11 is 0. The number of methoxy groups -OCH3 is 2. The van der Waals surface area contributed by atoms with E-state index in [1.165, 1.54) is 32.2 Å². The first kappa shape index (κ1) is 27.0. The van der Waals surface area contributed by atoms with E-state index >= 15 is 0 Å². The Morgan fingerprint density at radius 2 is 1.71 bits per heavy atom. The van der Waals surface area contributed by atoms with E-state index in [0.29, 0.717) is 12.2 Å². The van der Waals surface area contributed by atoms with Gasteiger partial charge in [-0.15, -0.1) is 0 Å². The first-order valence-corrected chi connectivity index (χ1v) is 12.7. The number of benzene rings is 2. The highest BCUT2D eigenvalue weighted by molar-refractivity contribution is 7.92. The number of anilines is 1. The van der Waals surface area contributed by atoms with Gasteiger partial charge >= 0.3 is 0 Å². The van der Waals surface area contributed by atoms with Crippen LogP contribution in [0.4, 0.5) is 5.69 Å². The number of nitrogens with zero attached hydrogens (tertiary/aromatic N) is 2. The van der Waals surface area contributed by atoms with Gasteiger partial charge in [-0.05, 0) is 31.0 Å². The molecular formula is C24H33N3O6S. The average Bonchev–Trinajstić information content (AvgIpc) is 2.82. The van der Waals surface area contributed by atoms with Crippen molar-refractivity contribution in [3.05, 3.63) is 53.6 Å². The van der Waals surface area contributed by atoms with Gasteiger partial charge in [0.2, 0.25) is 21.8 Å². The van der Waals surface area contributed by atoms with Gasteiger partial charge in [-0.25, -0.2) is 8.42 Å². The first-order valence-electron chi connectivity index (χ1n) is 10.8. The molecule has 0 fully saturated rings. The Morgan fingerprint density at radius 1 is 1.06 bits per heavy atom. The van der Waals surface area contributed by atoms with E-state index < -0.39 is 28.5 Å². The van der Waals surface area contributed by atoms with Crippen molar-refractivity contribution in [3.63, 3.8) is 0 Å². The van der Waals surface area contributed by atoms with Crippen LogP contribution >= 0.6 is 0 Å². The van der Waals surface area contributed by atoms with E-state index in [1.807, 2.05) is 31.2 Å². The number of amides is 2. The second-order valence-corrected chi connectivity index (χ2v) is 9.76. The van der Waals surface area contributed by atoms with Crippen molar-refractivity contribution < 1.29 is 27.5 Å². The number of aryl methyl sites for hydroxylation is 1. The van der Waals surface area contributed by atoms with Gasteiger partial charge in [-0.2, -0.15) is 0 Å². The van der Waals surface area contributed by atoms with Crippen LogP contribution in [0.25, 0.3) is 0 Å². The predicted molar refractivity (Wildman–Crippen MR) is 132 cm³/mol. The van der Waals surface area contributed by atoms with E-state index in [0.717, 1.165) is 21.7 Å². The number of carbonyl (C=O) groups excluding carboxylic acids is 2. The first-order chi connectivity index (χ1) is 16.0. The maximum absolute atomic E-state index is 13.6. The molecule has 0 aliphatic heterocycles. The highest BCUT2D eigenvalue weighted by Gasteiger charge is 2.32. The summed E-state index contributed by atoms with van der Waals surface area (Å²) in [4.78, 5) is 27.6. The van der Waals surface area contributed by atoms with Crippen LogP contribution in [-0.2, 0) is 26.2 Å². The Kier molecular flexibility index (Phi) is 9.31. The van der Waals surface area contributed by atoms with E-state index in [4.69, 9.17) is 9.47 Å². The van der Waals surface area contributed by atoms with Crippen LogP contribution in [0.15, 0.2) is 42.5 Å². The number of carbonyl (C=O) groups is 2. The summed E-state index contributed by atoms with van der Waals surface area (Å²) in [5.41, 5.74) is 2.09. The van der Waals surface area contributed by atoms with Gasteiger partial charge in [0.1, 0.15) is 24.1 Å². The number of hydrogen-bond donors (Lipinski definition) is 1. The molecular weight excluding hydrogens is 458 g/mol. The fraction of sp³-hybridized carbons (Fsp3) is 0.417. The van der Waals surface area contributed by atoms with Crippen molar-refractivity contribution in [3.8, 4) is 11.5 Å². The maximum Gasteiger partial charge on any atom is 0.244 e. The largest absolute Gasteiger partial charge is 0.497 e. The average molecular weight is 492 g/mol. The smallest absolute Gasteiger partial charge is 0.244 e. The number of nitrogens with one attached hydrogen (secondary N) is 1. The standard InChI is InChI=1S/C24H33N3O6S/c1-7-20(24(29)25-3)26(15-18-10-8-17(2)9-11-18)23(28)16-27(34(6,30)31)21-13-12-19(32-4)14-22(21)33-5/h8-14,20H,7,15-16H2,1-6H3,(H,25,29). The highest BCUT2D eigenvalue weighted by Crippen LogP contribution is 2.33. The number of rotatable bonds is 11. The molecule has 0 heterocycles. The lowest BCUT2D eigenvalue weighted by Gasteiger charge is -2.33. The van der Waals surface area contributed by atoms with Crippen LogP contribution < -0.4 is 19.1 Å². The third-order valence-corrected chi connectivity index (χ3v) is 6.57. The molecule has 9 nitrogen and oxygen atoms in total. The molecule has 34 heavy (non-hydrogen) atoms. The summed E-state index contributed by atoms with van der Waals surface area (Å²) in [6.45, 7) is 3.41. The van der Waals surface area contributed by atoms with Crippen molar-refractivity contribution in [2.45, 2.75) is 32.9 Å². The Balaban J connectivity index is 2.48. The van der Waals surface area contributed by atoms with Crippen LogP contribution in [0.5, 0.6) is 11.5 Å². The predicted octanol–water partition coefficient (Wildman–Crippen LogP) is 2.33. The zero-order chi connectivity index (χ0) is 25.5. The monoisotopic (exact) mass is 491 g/mol. The van der Waals surface area contributed by atoms with E-state index in [1.54, 1.807) is 19.1 Å². The van der Waals surface area contributed by atoms with Gasteiger partial charge in [0.25, 0.3) is 0 Å². The summed E-state index contributed by atoms with van der Waals surface area (Å²) in [5.74, 6) is -0.122. The highest BCUT2D eigenvalue weighted by atomic mass is 32.2.